The van der Waals surface area contributed by atoms with Crippen molar-refractivity contribution in [3.63, 3.8) is 0 Å². The van der Waals surface area contributed by atoms with Crippen LogP contribution in [0.4, 0.5) is 10.5 Å². The maximum Gasteiger partial charge on any atom is 0.319 e. The van der Waals surface area contributed by atoms with E-state index in [1.807, 2.05) is 19.9 Å². The number of nitrogens with one attached hydrogen (secondary N) is 2. The Morgan fingerprint density at radius 1 is 1.40 bits per heavy atom. The highest BCUT2D eigenvalue weighted by atomic mass is 16.3. The Hall–Kier alpha value is -1.71. The van der Waals surface area contributed by atoms with E-state index in [4.69, 9.17) is 0 Å². The minimum atomic E-state index is -0.345. The molecular weight excluding hydrogens is 192 g/mol. The van der Waals surface area contributed by atoms with E-state index in [0.29, 0.717) is 11.6 Å². The number of urea groups is 1. The van der Waals surface area contributed by atoms with Gasteiger partial charge in [0.25, 0.3) is 0 Å². The second-order valence-electron chi connectivity index (χ2n) is 3.64. The lowest BCUT2D eigenvalue weighted by Crippen LogP contribution is -2.24. The molecule has 0 atom stereocenters. The fourth-order valence-corrected chi connectivity index (χ4v) is 1.20. The Labute approximate surface area is 89.3 Å². The predicted octanol–water partition coefficient (Wildman–Crippen LogP) is 2.27. The van der Waals surface area contributed by atoms with Crippen molar-refractivity contribution in [1.29, 1.82) is 0 Å². The van der Waals surface area contributed by atoms with Crippen LogP contribution in [0.2, 0.25) is 0 Å². The lowest BCUT2D eigenvalue weighted by atomic mass is 10.0. The molecule has 0 spiro atoms. The van der Waals surface area contributed by atoms with E-state index in [1.54, 1.807) is 12.1 Å². The lowest BCUT2D eigenvalue weighted by molar-refractivity contribution is 0.254. The predicted molar refractivity (Wildman–Crippen MR) is 60.3 cm³/mol. The van der Waals surface area contributed by atoms with E-state index in [9.17, 15) is 9.90 Å². The highest BCUT2D eigenvalue weighted by Crippen LogP contribution is 2.27. The number of anilines is 1. The van der Waals surface area contributed by atoms with Gasteiger partial charge in [-0.1, -0.05) is 19.9 Å². The van der Waals surface area contributed by atoms with Gasteiger partial charge in [0.05, 0.1) is 5.69 Å². The largest absolute Gasteiger partial charge is 0.506 e. The summed E-state index contributed by atoms with van der Waals surface area (Å²) >= 11 is 0. The molecule has 0 aliphatic carbocycles. The highest BCUT2D eigenvalue weighted by molar-refractivity contribution is 5.90. The van der Waals surface area contributed by atoms with Crippen LogP contribution in [0.25, 0.3) is 0 Å². The number of carbonyl (C=O) groups excluding carboxylic acids is 1. The summed E-state index contributed by atoms with van der Waals surface area (Å²) in [5.41, 5.74) is 1.45. The molecule has 3 N–H and O–H groups in total. The molecular formula is C11H16N2O2. The molecule has 0 unspecified atom stereocenters. The molecule has 0 radical (unpaired) electrons. The average molecular weight is 208 g/mol. The molecule has 0 bridgehead atoms. The molecule has 0 aromatic heterocycles. The monoisotopic (exact) mass is 208 g/mol. The number of hydrogen-bond donors (Lipinski definition) is 3. The maximum atomic E-state index is 11.0. The van der Waals surface area contributed by atoms with Gasteiger partial charge in [0, 0.05) is 7.05 Å². The molecule has 4 nitrogen and oxygen atoms in total. The van der Waals surface area contributed by atoms with Gasteiger partial charge in [-0.25, -0.2) is 4.79 Å². The minimum Gasteiger partial charge on any atom is -0.506 e. The molecule has 1 aromatic carbocycles. The highest BCUT2D eigenvalue weighted by Gasteiger charge is 2.07. The SMILES string of the molecule is CNC(=O)Nc1ccc(C(C)C)cc1O. The van der Waals surface area contributed by atoms with Crippen molar-refractivity contribution < 1.29 is 9.90 Å². The molecule has 0 aliphatic rings. The van der Waals surface area contributed by atoms with Crippen molar-refractivity contribution in [3.05, 3.63) is 23.8 Å². The number of amides is 2. The molecule has 0 heterocycles. The first-order chi connectivity index (χ1) is 7.04. The van der Waals surface area contributed by atoms with Crippen LogP contribution in [0, 0.1) is 0 Å². The molecule has 0 aliphatic heterocycles. The van der Waals surface area contributed by atoms with Gasteiger partial charge in [-0.3, -0.25) is 0 Å². The van der Waals surface area contributed by atoms with Crippen LogP contribution in [0.5, 0.6) is 5.75 Å². The van der Waals surface area contributed by atoms with Gasteiger partial charge in [-0.2, -0.15) is 0 Å². The third-order valence-corrected chi connectivity index (χ3v) is 2.16. The molecule has 2 amide bonds. The second-order valence-corrected chi connectivity index (χ2v) is 3.64. The number of hydrogen-bond acceptors (Lipinski definition) is 2. The summed E-state index contributed by atoms with van der Waals surface area (Å²) in [4.78, 5) is 11.0. The standard InChI is InChI=1S/C11H16N2O2/c1-7(2)8-4-5-9(10(14)6-8)13-11(15)12-3/h4-7,14H,1-3H3,(H2,12,13,15). The molecule has 1 rings (SSSR count). The molecule has 15 heavy (non-hydrogen) atoms. The summed E-state index contributed by atoms with van der Waals surface area (Å²) in [6, 6.07) is 4.90. The van der Waals surface area contributed by atoms with Gasteiger partial charge >= 0.3 is 6.03 Å². The first-order valence-corrected chi connectivity index (χ1v) is 4.86. The van der Waals surface area contributed by atoms with Gasteiger partial charge in [0.2, 0.25) is 0 Å². The van der Waals surface area contributed by atoms with Crippen LogP contribution in [0.1, 0.15) is 25.3 Å². The number of carbonyl (C=O) groups is 1. The minimum absolute atomic E-state index is 0.0878. The summed E-state index contributed by atoms with van der Waals surface area (Å²) in [6.45, 7) is 4.08. The quantitative estimate of drug-likeness (QED) is 0.653. The number of benzene rings is 1. The Morgan fingerprint density at radius 2 is 2.07 bits per heavy atom. The normalized spacial score (nSPS) is 10.1. The van der Waals surface area contributed by atoms with Gasteiger partial charge in [0.1, 0.15) is 5.75 Å². The lowest BCUT2D eigenvalue weighted by Gasteiger charge is -2.10. The second kappa shape index (κ2) is 4.68. The zero-order valence-electron chi connectivity index (χ0n) is 9.16. The van der Waals surface area contributed by atoms with Crippen molar-refractivity contribution in [2.75, 3.05) is 12.4 Å². The van der Waals surface area contributed by atoms with Crippen molar-refractivity contribution in [2.45, 2.75) is 19.8 Å². The fourth-order valence-electron chi connectivity index (χ4n) is 1.20. The first kappa shape index (κ1) is 11.4. The van der Waals surface area contributed by atoms with E-state index >= 15 is 0 Å². The van der Waals surface area contributed by atoms with E-state index in [1.165, 1.54) is 7.05 Å². The number of phenols is 1. The first-order valence-electron chi connectivity index (χ1n) is 4.86. The smallest absolute Gasteiger partial charge is 0.319 e. The molecule has 1 aromatic rings. The van der Waals surface area contributed by atoms with Crippen LogP contribution < -0.4 is 10.6 Å². The topological polar surface area (TPSA) is 61.4 Å². The van der Waals surface area contributed by atoms with E-state index < -0.39 is 0 Å². The van der Waals surface area contributed by atoms with E-state index in [2.05, 4.69) is 10.6 Å². The van der Waals surface area contributed by atoms with Crippen LogP contribution in [0.15, 0.2) is 18.2 Å². The molecule has 82 valence electrons. The number of aromatic hydroxyl groups is 1. The molecule has 0 fully saturated rings. The molecule has 4 heteroatoms. The zero-order chi connectivity index (χ0) is 11.4. The van der Waals surface area contributed by atoms with E-state index in [-0.39, 0.29) is 11.8 Å². The summed E-state index contributed by atoms with van der Waals surface area (Å²) in [6.07, 6.45) is 0. The third-order valence-electron chi connectivity index (χ3n) is 2.16. The van der Waals surface area contributed by atoms with Crippen molar-refractivity contribution in [1.82, 2.24) is 5.32 Å². The summed E-state index contributed by atoms with van der Waals surface area (Å²) in [5, 5.41) is 14.6. The average Bonchev–Trinajstić information content (AvgIpc) is 2.20. The van der Waals surface area contributed by atoms with Gasteiger partial charge in [-0.05, 0) is 23.6 Å². The molecule has 0 saturated heterocycles. The van der Waals surface area contributed by atoms with Gasteiger partial charge < -0.3 is 15.7 Å². The Bertz CT molecular complexity index is 362. The summed E-state index contributed by atoms with van der Waals surface area (Å²) in [5.74, 6) is 0.440. The summed E-state index contributed by atoms with van der Waals surface area (Å²) in [7, 11) is 1.52. The van der Waals surface area contributed by atoms with Crippen LogP contribution in [0.3, 0.4) is 0 Å². The fraction of sp³-hybridized carbons (Fsp3) is 0.364. The number of phenolic OH excluding ortho intramolecular Hbond substituents is 1. The van der Waals surface area contributed by atoms with Gasteiger partial charge in [-0.15, -0.1) is 0 Å². The van der Waals surface area contributed by atoms with Crippen LogP contribution >= 0.6 is 0 Å². The Kier molecular flexibility index (Phi) is 3.55. The molecule has 0 saturated carbocycles. The van der Waals surface area contributed by atoms with Crippen molar-refractivity contribution in [2.24, 2.45) is 0 Å². The zero-order valence-corrected chi connectivity index (χ0v) is 9.16. The Balaban J connectivity index is 2.88. The van der Waals surface area contributed by atoms with Crippen molar-refractivity contribution in [3.8, 4) is 5.75 Å². The number of rotatable bonds is 2. The van der Waals surface area contributed by atoms with E-state index in [0.717, 1.165) is 5.56 Å². The van der Waals surface area contributed by atoms with Crippen LogP contribution in [-0.2, 0) is 0 Å². The Morgan fingerprint density at radius 3 is 2.53 bits per heavy atom. The summed E-state index contributed by atoms with van der Waals surface area (Å²) < 4.78 is 0. The van der Waals surface area contributed by atoms with Gasteiger partial charge in [0.15, 0.2) is 0 Å². The maximum absolute atomic E-state index is 11.0. The van der Waals surface area contributed by atoms with Crippen molar-refractivity contribution >= 4 is 11.7 Å². The van der Waals surface area contributed by atoms with Crippen LogP contribution in [-0.4, -0.2) is 18.2 Å². The third kappa shape index (κ3) is 2.87.